The van der Waals surface area contributed by atoms with Crippen LogP contribution in [-0.2, 0) is 0 Å². The highest BCUT2D eigenvalue weighted by Gasteiger charge is 2.13. The topological polar surface area (TPSA) is 29.0 Å². The van der Waals surface area contributed by atoms with Crippen molar-refractivity contribution in [2.45, 2.75) is 0 Å². The van der Waals surface area contributed by atoms with Crippen LogP contribution in [0.5, 0.6) is 0 Å². The summed E-state index contributed by atoms with van der Waals surface area (Å²) in [5.74, 6) is 0. The summed E-state index contributed by atoms with van der Waals surface area (Å²) < 4.78 is 2.07. The molecule has 22 heavy (non-hydrogen) atoms. The minimum absolute atomic E-state index is 0.797. The second-order valence-corrected chi connectivity index (χ2v) is 7.05. The van der Waals surface area contributed by atoms with Crippen molar-refractivity contribution in [2.24, 2.45) is 0 Å². The number of nitrogens with zero attached hydrogens (tertiary/aromatic N) is 3. The van der Waals surface area contributed by atoms with E-state index in [0.29, 0.717) is 0 Å². The van der Waals surface area contributed by atoms with Gasteiger partial charge < -0.3 is 4.90 Å². The Kier molecular flexibility index (Phi) is 3.32. The second kappa shape index (κ2) is 5.34. The molecule has 0 spiro atoms. The van der Waals surface area contributed by atoms with Crippen LogP contribution < -0.4 is 4.90 Å². The lowest BCUT2D eigenvalue weighted by molar-refractivity contribution is 1.18. The van der Waals surface area contributed by atoms with E-state index >= 15 is 0 Å². The van der Waals surface area contributed by atoms with Crippen LogP contribution >= 0.6 is 27.3 Å². The largest absolute Gasteiger partial charge is 0.351 e. The fraction of sp³-hybridized carbons (Fsp3) is 0.0588. The van der Waals surface area contributed by atoms with E-state index in [1.165, 1.54) is 16.8 Å². The van der Waals surface area contributed by atoms with Crippen LogP contribution in [0, 0.1) is 0 Å². The van der Waals surface area contributed by atoms with Gasteiger partial charge in [-0.3, -0.25) is 0 Å². The first-order valence-electron chi connectivity index (χ1n) is 6.85. The van der Waals surface area contributed by atoms with E-state index in [2.05, 4.69) is 86.5 Å². The summed E-state index contributed by atoms with van der Waals surface area (Å²) in [6.45, 7) is 0. The number of rotatable bonds is 1. The number of aromatic nitrogens is 2. The van der Waals surface area contributed by atoms with Gasteiger partial charge in [0.15, 0.2) is 5.65 Å². The van der Waals surface area contributed by atoms with Crippen LogP contribution in [0.15, 0.2) is 53.3 Å². The summed E-state index contributed by atoms with van der Waals surface area (Å²) in [6.07, 6.45) is 8.11. The van der Waals surface area contributed by atoms with Crippen molar-refractivity contribution in [3.05, 3.63) is 63.8 Å². The molecule has 108 valence electrons. The van der Waals surface area contributed by atoms with E-state index in [4.69, 9.17) is 0 Å². The summed E-state index contributed by atoms with van der Waals surface area (Å²) in [5.41, 5.74) is 4.40. The van der Waals surface area contributed by atoms with Crippen molar-refractivity contribution in [1.29, 1.82) is 0 Å². The summed E-state index contributed by atoms with van der Waals surface area (Å²) >= 11 is 5.11. The van der Waals surface area contributed by atoms with E-state index in [-0.39, 0.29) is 0 Å². The highest BCUT2D eigenvalue weighted by Crippen LogP contribution is 2.34. The van der Waals surface area contributed by atoms with E-state index in [1.54, 1.807) is 17.5 Å². The maximum Gasteiger partial charge on any atom is 0.170 e. The Labute approximate surface area is 140 Å². The highest BCUT2D eigenvalue weighted by molar-refractivity contribution is 9.10. The predicted molar refractivity (Wildman–Crippen MR) is 97.0 cm³/mol. The van der Waals surface area contributed by atoms with Gasteiger partial charge in [0.1, 0.15) is 5.01 Å². The molecule has 0 unspecified atom stereocenters. The molecule has 2 aromatic heterocycles. The van der Waals surface area contributed by atoms with Crippen molar-refractivity contribution < 1.29 is 0 Å². The molecule has 0 aliphatic carbocycles. The maximum absolute atomic E-state index is 4.60. The summed E-state index contributed by atoms with van der Waals surface area (Å²) in [5, 5.41) is 0.972. The number of hydrogen-bond acceptors (Lipinski definition) is 4. The van der Waals surface area contributed by atoms with E-state index < -0.39 is 0 Å². The Balaban J connectivity index is 1.83. The summed E-state index contributed by atoms with van der Waals surface area (Å²) in [7, 11) is 2.06. The number of hydrogen-bond donors (Lipinski definition) is 0. The molecule has 3 heterocycles. The molecule has 5 heteroatoms. The quantitative estimate of drug-likeness (QED) is 0.606. The van der Waals surface area contributed by atoms with Gasteiger partial charge >= 0.3 is 0 Å². The number of para-hydroxylation sites is 1. The Morgan fingerprint density at radius 1 is 1.27 bits per heavy atom. The Hall–Kier alpha value is -1.98. The first kappa shape index (κ1) is 13.7. The van der Waals surface area contributed by atoms with Gasteiger partial charge in [0.2, 0.25) is 0 Å². The Morgan fingerprint density at radius 3 is 3.05 bits per heavy atom. The van der Waals surface area contributed by atoms with Crippen molar-refractivity contribution in [3.63, 3.8) is 0 Å². The minimum atomic E-state index is 0.797. The number of allylic oxidation sites excluding steroid dienone is 2. The molecule has 1 aliphatic heterocycles. The molecule has 1 aromatic carbocycles. The molecule has 3 nitrogen and oxygen atoms in total. The lowest BCUT2D eigenvalue weighted by Gasteiger charge is -2.23. The second-order valence-electron chi connectivity index (χ2n) is 5.07. The zero-order valence-electron chi connectivity index (χ0n) is 11.8. The summed E-state index contributed by atoms with van der Waals surface area (Å²) in [4.78, 5) is 11.1. The average Bonchev–Trinajstić information content (AvgIpc) is 2.92. The van der Waals surface area contributed by atoms with Crippen molar-refractivity contribution in [1.82, 2.24) is 9.97 Å². The molecule has 3 aromatic rings. The molecule has 0 saturated heterocycles. The molecule has 1 aliphatic rings. The lowest BCUT2D eigenvalue weighted by Crippen LogP contribution is -2.13. The number of pyridine rings is 1. The fourth-order valence-electron chi connectivity index (χ4n) is 2.52. The number of benzene rings is 1. The number of halogens is 1. The number of fused-ring (bicyclic) bond motifs is 2. The zero-order valence-corrected chi connectivity index (χ0v) is 14.2. The van der Waals surface area contributed by atoms with Crippen molar-refractivity contribution in [2.75, 3.05) is 11.9 Å². The molecular formula is C17H12BrN3S. The molecular weight excluding hydrogens is 358 g/mol. The van der Waals surface area contributed by atoms with Crippen LogP contribution in [0.3, 0.4) is 0 Å². The minimum Gasteiger partial charge on any atom is -0.351 e. The number of thiazole rings is 1. The highest BCUT2D eigenvalue weighted by atomic mass is 79.9. The van der Waals surface area contributed by atoms with Crippen LogP contribution in [0.25, 0.3) is 22.0 Å². The third kappa shape index (κ3) is 2.36. The Morgan fingerprint density at radius 2 is 2.14 bits per heavy atom. The molecule has 4 rings (SSSR count). The van der Waals surface area contributed by atoms with Gasteiger partial charge in [-0.05, 0) is 45.8 Å². The summed E-state index contributed by atoms with van der Waals surface area (Å²) in [6, 6.07) is 10.5. The molecule has 0 radical (unpaired) electrons. The third-order valence-electron chi connectivity index (χ3n) is 3.58. The first-order chi connectivity index (χ1) is 10.7. The maximum atomic E-state index is 4.60. The first-order valence-corrected chi connectivity index (χ1v) is 8.46. The molecule has 0 N–H and O–H groups in total. The smallest absolute Gasteiger partial charge is 0.170 e. The molecule has 0 saturated carbocycles. The lowest BCUT2D eigenvalue weighted by atomic mass is 10.0. The van der Waals surface area contributed by atoms with Gasteiger partial charge in [0, 0.05) is 35.2 Å². The van der Waals surface area contributed by atoms with E-state index in [9.17, 15) is 0 Å². The fourth-order valence-corrected chi connectivity index (χ4v) is 3.92. The molecule has 0 amide bonds. The zero-order chi connectivity index (χ0) is 15.1. The normalized spacial score (nSPS) is 15.5. The number of anilines is 1. The average molecular weight is 370 g/mol. The monoisotopic (exact) mass is 369 g/mol. The molecule has 0 fully saturated rings. The van der Waals surface area contributed by atoms with Crippen LogP contribution in [0.2, 0.25) is 0 Å². The van der Waals surface area contributed by atoms with Crippen LogP contribution in [0.4, 0.5) is 5.69 Å². The van der Waals surface area contributed by atoms with Crippen molar-refractivity contribution in [3.8, 4) is 0 Å². The third-order valence-corrected chi connectivity index (χ3v) is 4.95. The van der Waals surface area contributed by atoms with E-state index in [1.807, 2.05) is 0 Å². The Bertz CT molecular complexity index is 927. The van der Waals surface area contributed by atoms with Gasteiger partial charge in [0.05, 0.1) is 4.70 Å². The molecule has 0 atom stereocenters. The SMILES string of the molecule is CN1C=C/C(=C\c2nc3ncc(Br)cc3s2)c2ccccc21. The standard InChI is InChI=1S/C17H12BrN3S/c1-21-7-6-11(13-4-2-3-5-14(13)21)8-16-20-17-15(22-16)9-12(18)10-19-17/h2-10H,1H3/b11-8+. The van der Waals surface area contributed by atoms with Gasteiger partial charge in [-0.15, -0.1) is 11.3 Å². The van der Waals surface area contributed by atoms with Crippen molar-refractivity contribution >= 4 is 55.0 Å². The predicted octanol–water partition coefficient (Wildman–Crippen LogP) is 4.96. The van der Waals surface area contributed by atoms with Crippen LogP contribution in [0.1, 0.15) is 10.6 Å². The van der Waals surface area contributed by atoms with Gasteiger partial charge in [-0.2, -0.15) is 0 Å². The van der Waals surface area contributed by atoms with E-state index in [0.717, 1.165) is 19.8 Å². The van der Waals surface area contributed by atoms with Gasteiger partial charge in [0.25, 0.3) is 0 Å². The van der Waals surface area contributed by atoms with Crippen LogP contribution in [-0.4, -0.2) is 17.0 Å². The van der Waals surface area contributed by atoms with Gasteiger partial charge in [-0.25, -0.2) is 9.97 Å². The van der Waals surface area contributed by atoms with Gasteiger partial charge in [-0.1, -0.05) is 18.2 Å². The molecule has 0 bridgehead atoms.